The number of ether oxygens (including phenoxy) is 1. The van der Waals surface area contributed by atoms with E-state index in [1.54, 1.807) is 0 Å². The molecule has 1 N–H and O–H groups in total. The zero-order valence-electron chi connectivity index (χ0n) is 12.1. The highest BCUT2D eigenvalue weighted by atomic mass is 16.5. The Balaban J connectivity index is 2.34. The maximum Gasteiger partial charge on any atom is 0.0702 e. The van der Waals surface area contributed by atoms with Crippen molar-refractivity contribution in [2.45, 2.75) is 46.6 Å². The van der Waals surface area contributed by atoms with E-state index in [1.165, 1.54) is 25.9 Å². The second-order valence-electron chi connectivity index (χ2n) is 5.90. The van der Waals surface area contributed by atoms with Crippen LogP contribution in [0.25, 0.3) is 0 Å². The Morgan fingerprint density at radius 2 is 2.12 bits per heavy atom. The van der Waals surface area contributed by atoms with E-state index in [4.69, 9.17) is 4.74 Å². The molecular weight excluding hydrogens is 212 g/mol. The highest BCUT2D eigenvalue weighted by Crippen LogP contribution is 2.20. The molecule has 3 heteroatoms. The Morgan fingerprint density at radius 1 is 1.35 bits per heavy atom. The van der Waals surface area contributed by atoms with Gasteiger partial charge in [0.2, 0.25) is 0 Å². The van der Waals surface area contributed by atoms with Gasteiger partial charge in [0, 0.05) is 26.2 Å². The third kappa shape index (κ3) is 5.84. The minimum atomic E-state index is 0.351. The zero-order valence-corrected chi connectivity index (χ0v) is 12.1. The average Bonchev–Trinajstić information content (AvgIpc) is 2.27. The molecule has 0 aromatic carbocycles. The van der Waals surface area contributed by atoms with Crippen LogP contribution in [-0.4, -0.2) is 50.3 Å². The van der Waals surface area contributed by atoms with Gasteiger partial charge in [-0.25, -0.2) is 0 Å². The van der Waals surface area contributed by atoms with E-state index in [1.807, 2.05) is 0 Å². The summed E-state index contributed by atoms with van der Waals surface area (Å²) in [6.45, 7) is 15.5. The van der Waals surface area contributed by atoms with Crippen molar-refractivity contribution < 1.29 is 4.74 Å². The molecule has 0 radical (unpaired) electrons. The molecule has 0 aliphatic carbocycles. The lowest BCUT2D eigenvalue weighted by molar-refractivity contribution is -0.00356. The fraction of sp³-hybridized carbons (Fsp3) is 1.00. The van der Waals surface area contributed by atoms with E-state index >= 15 is 0 Å². The summed E-state index contributed by atoms with van der Waals surface area (Å²) in [5.74, 6) is 0. The van der Waals surface area contributed by atoms with Crippen LogP contribution < -0.4 is 5.32 Å². The Hall–Kier alpha value is -0.120. The predicted octanol–water partition coefficient (Wildman–Crippen LogP) is 2.12. The van der Waals surface area contributed by atoms with Gasteiger partial charge in [-0.1, -0.05) is 20.8 Å². The molecule has 0 spiro atoms. The van der Waals surface area contributed by atoms with Crippen LogP contribution in [0.5, 0.6) is 0 Å². The first kappa shape index (κ1) is 14.9. The molecule has 102 valence electrons. The van der Waals surface area contributed by atoms with Gasteiger partial charge >= 0.3 is 0 Å². The Kier molecular flexibility index (Phi) is 6.45. The molecule has 1 saturated heterocycles. The van der Waals surface area contributed by atoms with Crippen molar-refractivity contribution >= 4 is 0 Å². The number of rotatable bonds is 7. The molecule has 17 heavy (non-hydrogen) atoms. The molecule has 1 rings (SSSR count). The van der Waals surface area contributed by atoms with Gasteiger partial charge in [0.1, 0.15) is 0 Å². The van der Waals surface area contributed by atoms with E-state index in [0.717, 1.165) is 26.2 Å². The summed E-state index contributed by atoms with van der Waals surface area (Å²) in [5, 5.41) is 3.46. The van der Waals surface area contributed by atoms with Gasteiger partial charge in [-0.2, -0.15) is 0 Å². The summed E-state index contributed by atoms with van der Waals surface area (Å²) in [6.07, 6.45) is 2.98. The molecule has 1 fully saturated rings. The van der Waals surface area contributed by atoms with E-state index in [-0.39, 0.29) is 0 Å². The first-order valence-corrected chi connectivity index (χ1v) is 7.12. The molecule has 1 aliphatic rings. The first-order chi connectivity index (χ1) is 8.07. The van der Waals surface area contributed by atoms with Crippen molar-refractivity contribution in [2.75, 3.05) is 39.3 Å². The van der Waals surface area contributed by atoms with Gasteiger partial charge in [-0.3, -0.25) is 0 Å². The van der Waals surface area contributed by atoms with Gasteiger partial charge < -0.3 is 15.0 Å². The fourth-order valence-electron chi connectivity index (χ4n) is 2.65. The van der Waals surface area contributed by atoms with Crippen molar-refractivity contribution in [3.63, 3.8) is 0 Å². The number of piperidine rings is 1. The molecule has 0 bridgehead atoms. The van der Waals surface area contributed by atoms with Crippen LogP contribution >= 0.6 is 0 Å². The number of hydrogen-bond donors (Lipinski definition) is 1. The van der Waals surface area contributed by atoms with E-state index in [9.17, 15) is 0 Å². The third-order valence-electron chi connectivity index (χ3n) is 3.37. The van der Waals surface area contributed by atoms with E-state index in [2.05, 4.69) is 37.9 Å². The van der Waals surface area contributed by atoms with Gasteiger partial charge in [-0.05, 0) is 38.3 Å². The SMILES string of the molecule is CCNCC(C)(C)CN1CCCC(OCC)C1. The van der Waals surface area contributed by atoms with E-state index < -0.39 is 0 Å². The Bertz CT molecular complexity index is 204. The third-order valence-corrected chi connectivity index (χ3v) is 3.37. The molecule has 1 atom stereocenters. The lowest BCUT2D eigenvalue weighted by atomic mass is 9.91. The molecule has 1 heterocycles. The molecule has 3 nitrogen and oxygen atoms in total. The molecule has 1 aliphatic heterocycles. The molecule has 0 saturated carbocycles. The summed E-state index contributed by atoms with van der Waals surface area (Å²) < 4.78 is 5.75. The lowest BCUT2D eigenvalue weighted by Gasteiger charge is -2.38. The van der Waals surface area contributed by atoms with Gasteiger partial charge in [0.25, 0.3) is 0 Å². The number of nitrogens with zero attached hydrogens (tertiary/aromatic N) is 1. The number of likely N-dealkylation sites (tertiary alicyclic amines) is 1. The van der Waals surface area contributed by atoms with Crippen molar-refractivity contribution in [2.24, 2.45) is 5.41 Å². The highest BCUT2D eigenvalue weighted by Gasteiger charge is 2.26. The van der Waals surface area contributed by atoms with Crippen LogP contribution in [0.3, 0.4) is 0 Å². The first-order valence-electron chi connectivity index (χ1n) is 7.12. The molecule has 0 amide bonds. The normalized spacial score (nSPS) is 22.9. The smallest absolute Gasteiger partial charge is 0.0702 e. The molecule has 0 aromatic rings. The van der Waals surface area contributed by atoms with Crippen LogP contribution in [0.1, 0.15) is 40.5 Å². The van der Waals surface area contributed by atoms with Crippen LogP contribution in [0.2, 0.25) is 0 Å². The average molecular weight is 242 g/mol. The maximum atomic E-state index is 5.75. The predicted molar refractivity (Wildman–Crippen MR) is 73.4 cm³/mol. The number of nitrogens with one attached hydrogen (secondary N) is 1. The van der Waals surface area contributed by atoms with Crippen LogP contribution in [-0.2, 0) is 4.74 Å². The van der Waals surface area contributed by atoms with Crippen LogP contribution in [0, 0.1) is 5.41 Å². The second-order valence-corrected chi connectivity index (χ2v) is 5.90. The minimum Gasteiger partial charge on any atom is -0.377 e. The zero-order chi connectivity index (χ0) is 12.7. The van der Waals surface area contributed by atoms with Crippen molar-refractivity contribution in [3.05, 3.63) is 0 Å². The monoisotopic (exact) mass is 242 g/mol. The summed E-state index contributed by atoms with van der Waals surface area (Å²) >= 11 is 0. The van der Waals surface area contributed by atoms with Crippen LogP contribution in [0.4, 0.5) is 0 Å². The maximum absolute atomic E-state index is 5.75. The van der Waals surface area contributed by atoms with Gasteiger partial charge in [-0.15, -0.1) is 0 Å². The summed E-state index contributed by atoms with van der Waals surface area (Å²) in [7, 11) is 0. The Morgan fingerprint density at radius 3 is 2.76 bits per heavy atom. The quantitative estimate of drug-likeness (QED) is 0.740. The van der Waals surface area contributed by atoms with E-state index in [0.29, 0.717) is 11.5 Å². The van der Waals surface area contributed by atoms with Gasteiger partial charge in [0.05, 0.1) is 6.10 Å². The second kappa shape index (κ2) is 7.34. The largest absolute Gasteiger partial charge is 0.377 e. The fourth-order valence-corrected chi connectivity index (χ4v) is 2.65. The Labute approximate surface area is 107 Å². The molecule has 0 aromatic heterocycles. The van der Waals surface area contributed by atoms with Crippen molar-refractivity contribution in [1.82, 2.24) is 10.2 Å². The summed E-state index contributed by atoms with van der Waals surface area (Å²) in [6, 6.07) is 0. The molecular formula is C14H30N2O. The van der Waals surface area contributed by atoms with Crippen molar-refractivity contribution in [1.29, 1.82) is 0 Å². The lowest BCUT2D eigenvalue weighted by Crippen LogP contribution is -2.46. The van der Waals surface area contributed by atoms with Crippen molar-refractivity contribution in [3.8, 4) is 0 Å². The topological polar surface area (TPSA) is 24.5 Å². The minimum absolute atomic E-state index is 0.351. The van der Waals surface area contributed by atoms with Gasteiger partial charge in [0.15, 0.2) is 0 Å². The number of hydrogen-bond acceptors (Lipinski definition) is 3. The standard InChI is InChI=1S/C14H30N2O/c1-5-15-11-14(3,4)12-16-9-7-8-13(10-16)17-6-2/h13,15H,5-12H2,1-4H3. The molecule has 1 unspecified atom stereocenters. The van der Waals surface area contributed by atoms with Crippen LogP contribution in [0.15, 0.2) is 0 Å². The summed E-state index contributed by atoms with van der Waals surface area (Å²) in [4.78, 5) is 2.57. The highest BCUT2D eigenvalue weighted by molar-refractivity contribution is 4.80. The summed E-state index contributed by atoms with van der Waals surface area (Å²) in [5.41, 5.74) is 0.351.